The van der Waals surface area contributed by atoms with Gasteiger partial charge in [-0.05, 0) is 41.8 Å². The number of ether oxygens (including phenoxy) is 2. The molecule has 0 fully saturated rings. The maximum Gasteiger partial charge on any atom is 0.161 e. The first-order valence-electron chi connectivity index (χ1n) is 6.81. The third-order valence-corrected chi connectivity index (χ3v) is 3.55. The molecule has 1 aromatic heterocycles. The Bertz CT molecular complexity index is 613. The second kappa shape index (κ2) is 5.51. The van der Waals surface area contributed by atoms with E-state index in [2.05, 4.69) is 4.98 Å². The molecular weight excluding hydrogens is 252 g/mol. The number of hydrogen-bond acceptors (Lipinski definition) is 4. The quantitative estimate of drug-likeness (QED) is 0.911. The van der Waals surface area contributed by atoms with E-state index in [0.29, 0.717) is 13.2 Å². The Kier molecular flexibility index (Phi) is 3.56. The molecule has 1 aliphatic heterocycles. The van der Waals surface area contributed by atoms with Crippen LogP contribution in [0.5, 0.6) is 11.5 Å². The maximum atomic E-state index is 6.35. The molecule has 2 N–H and O–H groups in total. The van der Waals surface area contributed by atoms with E-state index in [-0.39, 0.29) is 6.04 Å². The summed E-state index contributed by atoms with van der Waals surface area (Å²) in [6.07, 6.45) is 4.50. The minimum atomic E-state index is -0.208. The van der Waals surface area contributed by atoms with Crippen molar-refractivity contribution >= 4 is 0 Å². The van der Waals surface area contributed by atoms with Crippen molar-refractivity contribution in [3.05, 3.63) is 53.3 Å². The molecule has 0 spiro atoms. The van der Waals surface area contributed by atoms with Crippen LogP contribution in [-0.2, 0) is 0 Å². The van der Waals surface area contributed by atoms with Crippen LogP contribution in [-0.4, -0.2) is 18.2 Å². The number of aryl methyl sites for hydroxylation is 1. The van der Waals surface area contributed by atoms with Crippen LogP contribution in [0.15, 0.2) is 36.7 Å². The molecule has 1 unspecified atom stereocenters. The first-order valence-corrected chi connectivity index (χ1v) is 6.81. The average Bonchev–Trinajstić information content (AvgIpc) is 2.71. The molecule has 0 aliphatic carbocycles. The number of fused-ring (bicyclic) bond motifs is 1. The predicted octanol–water partition coefficient (Wildman–Crippen LogP) is 2.60. The zero-order chi connectivity index (χ0) is 13.9. The maximum absolute atomic E-state index is 6.35. The average molecular weight is 270 g/mol. The van der Waals surface area contributed by atoms with Crippen molar-refractivity contribution in [3.8, 4) is 11.5 Å². The van der Waals surface area contributed by atoms with Gasteiger partial charge in [0.1, 0.15) is 0 Å². The second-order valence-corrected chi connectivity index (χ2v) is 4.97. The van der Waals surface area contributed by atoms with E-state index in [1.807, 2.05) is 37.4 Å². The highest BCUT2D eigenvalue weighted by molar-refractivity contribution is 5.46. The van der Waals surface area contributed by atoms with E-state index in [9.17, 15) is 0 Å². The molecule has 4 heteroatoms. The van der Waals surface area contributed by atoms with Gasteiger partial charge in [0.2, 0.25) is 0 Å². The van der Waals surface area contributed by atoms with Gasteiger partial charge in [-0.1, -0.05) is 6.07 Å². The zero-order valence-corrected chi connectivity index (χ0v) is 11.5. The molecule has 1 aliphatic rings. The molecule has 0 amide bonds. The van der Waals surface area contributed by atoms with Crippen LogP contribution in [0.3, 0.4) is 0 Å². The van der Waals surface area contributed by atoms with Gasteiger partial charge < -0.3 is 15.2 Å². The van der Waals surface area contributed by atoms with Crippen molar-refractivity contribution in [2.24, 2.45) is 5.73 Å². The normalized spacial score (nSPS) is 15.5. The first kappa shape index (κ1) is 12.9. The second-order valence-electron chi connectivity index (χ2n) is 4.97. The molecule has 1 aromatic carbocycles. The lowest BCUT2D eigenvalue weighted by Gasteiger charge is -2.16. The van der Waals surface area contributed by atoms with Crippen molar-refractivity contribution in [2.45, 2.75) is 19.4 Å². The molecule has 3 rings (SSSR count). The van der Waals surface area contributed by atoms with Crippen molar-refractivity contribution in [2.75, 3.05) is 13.2 Å². The molecule has 2 aromatic rings. The van der Waals surface area contributed by atoms with Crippen molar-refractivity contribution in [3.63, 3.8) is 0 Å². The molecule has 0 radical (unpaired) electrons. The summed E-state index contributed by atoms with van der Waals surface area (Å²) in [4.78, 5) is 4.16. The summed E-state index contributed by atoms with van der Waals surface area (Å²) in [6.45, 7) is 3.41. The third-order valence-electron chi connectivity index (χ3n) is 3.55. The minimum absolute atomic E-state index is 0.208. The summed E-state index contributed by atoms with van der Waals surface area (Å²) >= 11 is 0. The molecule has 0 bridgehead atoms. The summed E-state index contributed by atoms with van der Waals surface area (Å²) < 4.78 is 11.3. The summed E-state index contributed by atoms with van der Waals surface area (Å²) in [6, 6.07) is 7.66. The molecule has 0 saturated heterocycles. The molecule has 2 heterocycles. The highest BCUT2D eigenvalue weighted by Crippen LogP contribution is 2.33. The van der Waals surface area contributed by atoms with Crippen LogP contribution < -0.4 is 15.2 Å². The Morgan fingerprint density at radius 1 is 1.15 bits per heavy atom. The van der Waals surface area contributed by atoms with Crippen LogP contribution in [0.1, 0.15) is 29.2 Å². The largest absolute Gasteiger partial charge is 0.490 e. The number of pyridine rings is 1. The predicted molar refractivity (Wildman–Crippen MR) is 77.1 cm³/mol. The summed E-state index contributed by atoms with van der Waals surface area (Å²) in [7, 11) is 0. The van der Waals surface area contributed by atoms with Gasteiger partial charge in [0.05, 0.1) is 19.3 Å². The van der Waals surface area contributed by atoms with Crippen molar-refractivity contribution in [1.82, 2.24) is 4.98 Å². The molecule has 0 saturated carbocycles. The van der Waals surface area contributed by atoms with Gasteiger partial charge in [0.15, 0.2) is 11.5 Å². The van der Waals surface area contributed by atoms with Gasteiger partial charge in [-0.15, -0.1) is 0 Å². The van der Waals surface area contributed by atoms with E-state index in [1.54, 1.807) is 6.20 Å². The Labute approximate surface area is 118 Å². The Morgan fingerprint density at radius 3 is 2.75 bits per heavy atom. The number of hydrogen-bond donors (Lipinski definition) is 1. The van der Waals surface area contributed by atoms with Gasteiger partial charge in [-0.25, -0.2) is 0 Å². The Hall–Kier alpha value is -2.07. The highest BCUT2D eigenvalue weighted by atomic mass is 16.5. The zero-order valence-electron chi connectivity index (χ0n) is 11.5. The fourth-order valence-electron chi connectivity index (χ4n) is 2.35. The number of nitrogens with zero attached hydrogens (tertiary/aromatic N) is 1. The summed E-state index contributed by atoms with van der Waals surface area (Å²) in [5, 5.41) is 0. The lowest BCUT2D eigenvalue weighted by molar-refractivity contribution is 0.297. The van der Waals surface area contributed by atoms with Crippen LogP contribution in [0.2, 0.25) is 0 Å². The van der Waals surface area contributed by atoms with Crippen LogP contribution >= 0.6 is 0 Å². The number of nitrogens with two attached hydrogens (primary N) is 1. The fraction of sp³-hybridized carbons (Fsp3) is 0.312. The fourth-order valence-corrected chi connectivity index (χ4v) is 2.35. The van der Waals surface area contributed by atoms with E-state index in [4.69, 9.17) is 15.2 Å². The van der Waals surface area contributed by atoms with Gasteiger partial charge in [0.25, 0.3) is 0 Å². The molecule has 4 nitrogen and oxygen atoms in total. The SMILES string of the molecule is Cc1ccncc1C(N)c1ccc2c(c1)OCCCO2. The van der Waals surface area contributed by atoms with Crippen LogP contribution in [0.25, 0.3) is 0 Å². The molecule has 1 atom stereocenters. The number of rotatable bonds is 2. The Morgan fingerprint density at radius 2 is 1.95 bits per heavy atom. The van der Waals surface area contributed by atoms with E-state index in [1.165, 1.54) is 0 Å². The van der Waals surface area contributed by atoms with E-state index in [0.717, 1.165) is 34.6 Å². The molecular formula is C16H18N2O2. The summed E-state index contributed by atoms with van der Waals surface area (Å²) in [5.74, 6) is 1.57. The summed E-state index contributed by atoms with van der Waals surface area (Å²) in [5.41, 5.74) is 9.53. The van der Waals surface area contributed by atoms with Crippen molar-refractivity contribution < 1.29 is 9.47 Å². The topological polar surface area (TPSA) is 57.4 Å². The molecule has 20 heavy (non-hydrogen) atoms. The smallest absolute Gasteiger partial charge is 0.161 e. The Balaban J connectivity index is 1.94. The number of aromatic nitrogens is 1. The van der Waals surface area contributed by atoms with Crippen LogP contribution in [0.4, 0.5) is 0 Å². The van der Waals surface area contributed by atoms with Gasteiger partial charge in [-0.2, -0.15) is 0 Å². The minimum Gasteiger partial charge on any atom is -0.490 e. The van der Waals surface area contributed by atoms with Gasteiger partial charge in [-0.3, -0.25) is 4.98 Å². The van der Waals surface area contributed by atoms with Crippen LogP contribution in [0, 0.1) is 6.92 Å². The van der Waals surface area contributed by atoms with Gasteiger partial charge in [0, 0.05) is 18.8 Å². The first-order chi connectivity index (χ1) is 9.75. The number of benzene rings is 1. The third kappa shape index (κ3) is 2.47. The van der Waals surface area contributed by atoms with Crippen molar-refractivity contribution in [1.29, 1.82) is 0 Å². The van der Waals surface area contributed by atoms with Gasteiger partial charge >= 0.3 is 0 Å². The highest BCUT2D eigenvalue weighted by Gasteiger charge is 2.16. The molecule has 104 valence electrons. The van der Waals surface area contributed by atoms with E-state index < -0.39 is 0 Å². The lowest BCUT2D eigenvalue weighted by Crippen LogP contribution is -2.13. The standard InChI is InChI=1S/C16H18N2O2/c1-11-5-6-18-10-13(11)16(17)12-3-4-14-15(9-12)20-8-2-7-19-14/h3-6,9-10,16H,2,7-8,17H2,1H3. The lowest BCUT2D eigenvalue weighted by atomic mass is 9.97. The monoisotopic (exact) mass is 270 g/mol. The van der Waals surface area contributed by atoms with E-state index >= 15 is 0 Å².